The molecule has 0 spiro atoms. The van der Waals surface area contributed by atoms with Crippen molar-refractivity contribution in [2.75, 3.05) is 0 Å². The molecule has 0 saturated carbocycles. The molecule has 0 fully saturated rings. The largest absolute Gasteiger partial charge is 0.422 e. The van der Waals surface area contributed by atoms with Crippen LogP contribution in [0.5, 0.6) is 5.75 Å². The Balaban J connectivity index is 2.38. The van der Waals surface area contributed by atoms with E-state index in [9.17, 15) is 9.59 Å². The van der Waals surface area contributed by atoms with E-state index in [-0.39, 0.29) is 22.1 Å². The highest BCUT2D eigenvalue weighted by Crippen LogP contribution is 2.29. The summed E-state index contributed by atoms with van der Waals surface area (Å²) in [4.78, 5) is 23.5. The molecule has 2 aromatic rings. The molecular formula is C16H11ClO3. The molecule has 0 unspecified atom stereocenters. The van der Waals surface area contributed by atoms with Crippen molar-refractivity contribution in [1.29, 1.82) is 0 Å². The van der Waals surface area contributed by atoms with E-state index in [4.69, 9.17) is 16.3 Å². The molecule has 0 aliphatic rings. The minimum Gasteiger partial charge on any atom is -0.422 e. The number of rotatable bonds is 4. The highest BCUT2D eigenvalue weighted by Gasteiger charge is 2.16. The minimum atomic E-state index is -0.629. The number of esters is 1. The first kappa shape index (κ1) is 14.0. The predicted molar refractivity (Wildman–Crippen MR) is 77.2 cm³/mol. The lowest BCUT2D eigenvalue weighted by Gasteiger charge is -2.08. The Kier molecular flexibility index (Phi) is 4.33. The van der Waals surface area contributed by atoms with Crippen molar-refractivity contribution in [1.82, 2.24) is 0 Å². The van der Waals surface area contributed by atoms with E-state index in [1.165, 1.54) is 6.07 Å². The lowest BCUT2D eigenvalue weighted by molar-refractivity contribution is -0.128. The van der Waals surface area contributed by atoms with E-state index in [0.29, 0.717) is 5.56 Å². The summed E-state index contributed by atoms with van der Waals surface area (Å²) in [6.07, 6.45) is 1.03. The maximum Gasteiger partial charge on any atom is 0.335 e. The first-order chi connectivity index (χ1) is 9.63. The van der Waals surface area contributed by atoms with Gasteiger partial charge in [-0.3, -0.25) is 4.79 Å². The Morgan fingerprint density at radius 3 is 2.40 bits per heavy atom. The van der Waals surface area contributed by atoms with Gasteiger partial charge in [0.1, 0.15) is 0 Å². The summed E-state index contributed by atoms with van der Waals surface area (Å²) in [5.74, 6) is -0.721. The fraction of sp³-hybridized carbons (Fsp3) is 0. The third-order valence-electron chi connectivity index (χ3n) is 2.62. The molecule has 0 aliphatic carbocycles. The van der Waals surface area contributed by atoms with Crippen molar-refractivity contribution in [3.05, 3.63) is 77.3 Å². The van der Waals surface area contributed by atoms with Crippen LogP contribution >= 0.6 is 11.6 Å². The average Bonchev–Trinajstić information content (AvgIpc) is 2.49. The second-order valence-corrected chi connectivity index (χ2v) is 4.32. The number of ether oxygens (including phenoxy) is 1. The van der Waals surface area contributed by atoms with Gasteiger partial charge in [-0.2, -0.15) is 0 Å². The van der Waals surface area contributed by atoms with E-state index in [0.717, 1.165) is 6.08 Å². The highest BCUT2D eigenvalue weighted by atomic mass is 35.5. The normalized spacial score (nSPS) is 9.85. The number of hydrogen-bond donors (Lipinski definition) is 0. The van der Waals surface area contributed by atoms with E-state index in [1.807, 2.05) is 6.07 Å². The average molecular weight is 287 g/mol. The van der Waals surface area contributed by atoms with Gasteiger partial charge in [-0.25, -0.2) is 4.79 Å². The van der Waals surface area contributed by atoms with E-state index >= 15 is 0 Å². The van der Waals surface area contributed by atoms with E-state index in [2.05, 4.69) is 6.58 Å². The molecule has 4 heteroatoms. The van der Waals surface area contributed by atoms with Crippen molar-refractivity contribution in [3.63, 3.8) is 0 Å². The SMILES string of the molecule is C=CC(=O)Oc1cccc(C(=O)c2ccccc2)c1Cl. The minimum absolute atomic E-state index is 0.108. The molecule has 3 nitrogen and oxygen atoms in total. The fourth-order valence-electron chi connectivity index (χ4n) is 1.66. The Hall–Kier alpha value is -2.39. The van der Waals surface area contributed by atoms with Gasteiger partial charge in [0.25, 0.3) is 0 Å². The number of hydrogen-bond acceptors (Lipinski definition) is 3. The van der Waals surface area contributed by atoms with Crippen LogP contribution in [-0.4, -0.2) is 11.8 Å². The summed E-state index contributed by atoms with van der Waals surface area (Å²) >= 11 is 6.12. The summed E-state index contributed by atoms with van der Waals surface area (Å²) in [7, 11) is 0. The lowest BCUT2D eigenvalue weighted by atomic mass is 10.0. The van der Waals surface area contributed by atoms with Crippen molar-refractivity contribution in [3.8, 4) is 5.75 Å². The lowest BCUT2D eigenvalue weighted by Crippen LogP contribution is -2.07. The Morgan fingerprint density at radius 2 is 1.75 bits per heavy atom. The van der Waals surface area contributed by atoms with Gasteiger partial charge in [-0.15, -0.1) is 0 Å². The molecule has 0 saturated heterocycles. The number of halogens is 1. The van der Waals surface area contributed by atoms with E-state index in [1.54, 1.807) is 36.4 Å². The van der Waals surface area contributed by atoms with E-state index < -0.39 is 5.97 Å². The van der Waals surface area contributed by atoms with Crippen LogP contribution in [0, 0.1) is 0 Å². The van der Waals surface area contributed by atoms with Gasteiger partial charge < -0.3 is 4.74 Å². The zero-order chi connectivity index (χ0) is 14.5. The van der Waals surface area contributed by atoms with Crippen LogP contribution in [0.25, 0.3) is 0 Å². The molecule has 2 rings (SSSR count). The molecule has 0 aromatic heterocycles. The molecule has 100 valence electrons. The molecule has 20 heavy (non-hydrogen) atoms. The first-order valence-corrected chi connectivity index (χ1v) is 6.24. The molecule has 0 aliphatic heterocycles. The van der Waals surface area contributed by atoms with Crippen LogP contribution in [0.2, 0.25) is 5.02 Å². The van der Waals surface area contributed by atoms with Crippen LogP contribution in [0.1, 0.15) is 15.9 Å². The van der Waals surface area contributed by atoms with Crippen LogP contribution in [0.4, 0.5) is 0 Å². The zero-order valence-corrected chi connectivity index (χ0v) is 11.3. The van der Waals surface area contributed by atoms with Crippen LogP contribution in [0.3, 0.4) is 0 Å². The van der Waals surface area contributed by atoms with Crippen molar-refractivity contribution >= 4 is 23.4 Å². The van der Waals surface area contributed by atoms with Gasteiger partial charge in [0.05, 0.1) is 5.02 Å². The molecule has 2 aromatic carbocycles. The summed E-state index contributed by atoms with van der Waals surface area (Å²) in [5.41, 5.74) is 0.800. The summed E-state index contributed by atoms with van der Waals surface area (Å²) < 4.78 is 4.98. The van der Waals surface area contributed by atoms with Crippen molar-refractivity contribution in [2.45, 2.75) is 0 Å². The van der Waals surface area contributed by atoms with Gasteiger partial charge in [0.2, 0.25) is 0 Å². The maximum absolute atomic E-state index is 12.3. The quantitative estimate of drug-likeness (QED) is 0.373. The van der Waals surface area contributed by atoms with Crippen LogP contribution in [-0.2, 0) is 4.79 Å². The first-order valence-electron chi connectivity index (χ1n) is 5.86. The van der Waals surface area contributed by atoms with Crippen molar-refractivity contribution < 1.29 is 14.3 Å². The molecule has 0 radical (unpaired) electrons. The zero-order valence-electron chi connectivity index (χ0n) is 10.5. The van der Waals surface area contributed by atoms with Gasteiger partial charge in [0, 0.05) is 17.2 Å². The molecule has 0 heterocycles. The van der Waals surface area contributed by atoms with Gasteiger partial charge in [0.15, 0.2) is 11.5 Å². The van der Waals surface area contributed by atoms with Gasteiger partial charge in [-0.1, -0.05) is 54.6 Å². The van der Waals surface area contributed by atoms with Crippen molar-refractivity contribution in [2.24, 2.45) is 0 Å². The molecular weight excluding hydrogens is 276 g/mol. The molecule has 0 amide bonds. The Bertz CT molecular complexity index is 663. The number of ketones is 1. The number of benzene rings is 2. The van der Waals surface area contributed by atoms with Crippen LogP contribution in [0.15, 0.2) is 61.2 Å². The summed E-state index contributed by atoms with van der Waals surface area (Å²) in [5, 5.41) is 0.108. The third kappa shape index (κ3) is 2.95. The maximum atomic E-state index is 12.3. The second kappa shape index (κ2) is 6.17. The van der Waals surface area contributed by atoms with Crippen LogP contribution < -0.4 is 4.74 Å². The standard InChI is InChI=1S/C16H11ClO3/c1-2-14(18)20-13-10-6-9-12(15(13)17)16(19)11-7-4-3-5-8-11/h2-10H,1H2. The number of carbonyl (C=O) groups excluding carboxylic acids is 2. The summed E-state index contributed by atoms with van der Waals surface area (Å²) in [6.45, 7) is 3.31. The summed E-state index contributed by atoms with van der Waals surface area (Å²) in [6, 6.07) is 13.5. The van der Waals surface area contributed by atoms with Gasteiger partial charge >= 0.3 is 5.97 Å². The molecule has 0 atom stereocenters. The van der Waals surface area contributed by atoms with Gasteiger partial charge in [-0.05, 0) is 12.1 Å². The highest BCUT2D eigenvalue weighted by molar-refractivity contribution is 6.36. The topological polar surface area (TPSA) is 43.4 Å². The second-order valence-electron chi connectivity index (χ2n) is 3.94. The smallest absolute Gasteiger partial charge is 0.335 e. The monoisotopic (exact) mass is 286 g/mol. The Labute approximate surface area is 121 Å². The Morgan fingerprint density at radius 1 is 1.05 bits per heavy atom. The number of carbonyl (C=O) groups is 2. The molecule has 0 N–H and O–H groups in total. The fourth-order valence-corrected chi connectivity index (χ4v) is 1.91. The third-order valence-corrected chi connectivity index (χ3v) is 3.01. The molecule has 0 bridgehead atoms. The predicted octanol–water partition coefficient (Wildman–Crippen LogP) is 3.66.